The first kappa shape index (κ1) is 42.4. The first-order valence-corrected chi connectivity index (χ1v) is 17.9. The van der Waals surface area contributed by atoms with Gasteiger partial charge >= 0.3 is 11.9 Å². The number of quaternary nitrogens is 1. The van der Waals surface area contributed by atoms with Gasteiger partial charge in [0.1, 0.15) is 26.0 Å². The van der Waals surface area contributed by atoms with Crippen molar-refractivity contribution in [1.29, 1.82) is 0 Å². The van der Waals surface area contributed by atoms with Crippen molar-refractivity contribution in [3.05, 3.63) is 12.2 Å². The van der Waals surface area contributed by atoms with E-state index in [9.17, 15) is 28.9 Å². The van der Waals surface area contributed by atoms with Crippen LogP contribution in [0.4, 0.5) is 0 Å². The third-order valence-corrected chi connectivity index (χ3v) is 7.90. The van der Waals surface area contributed by atoms with Gasteiger partial charge in [-0.1, -0.05) is 90.0 Å². The molecule has 0 aromatic carbocycles. The molecular weight excluding hydrogens is 589 g/mol. The summed E-state index contributed by atoms with van der Waals surface area (Å²) in [6.07, 6.45) is 17.2. The van der Waals surface area contributed by atoms with Crippen molar-refractivity contribution in [1.82, 2.24) is 0 Å². The average Bonchev–Trinajstić information content (AvgIpc) is 2.95. The summed E-state index contributed by atoms with van der Waals surface area (Å²) in [5.41, 5.74) is 0. The molecule has 0 aromatic rings. The van der Waals surface area contributed by atoms with Gasteiger partial charge in [-0.3, -0.25) is 18.9 Å². The minimum atomic E-state index is -4.67. The number of unbranched alkanes of at least 4 members (excludes halogenated alkanes) is 12. The molecule has 2 unspecified atom stereocenters. The maximum atomic E-state index is 12.4. The highest BCUT2D eigenvalue weighted by atomic mass is 31.2. The molecule has 44 heavy (non-hydrogen) atoms. The lowest BCUT2D eigenvalue weighted by atomic mass is 10.0. The Labute approximate surface area is 265 Å². The van der Waals surface area contributed by atoms with E-state index in [-0.39, 0.29) is 38.9 Å². The first-order valence-electron chi connectivity index (χ1n) is 16.4. The molecule has 0 aliphatic carbocycles. The molecule has 0 spiro atoms. The average molecular weight is 650 g/mol. The van der Waals surface area contributed by atoms with E-state index in [1.165, 1.54) is 69.9 Å². The lowest BCUT2D eigenvalue weighted by Gasteiger charge is -2.28. The summed E-state index contributed by atoms with van der Waals surface area (Å²) in [4.78, 5) is 47.2. The van der Waals surface area contributed by atoms with Gasteiger partial charge in [0.05, 0.1) is 33.9 Å². The van der Waals surface area contributed by atoms with E-state index in [1.807, 2.05) is 21.1 Å². The van der Waals surface area contributed by atoms with Crippen LogP contribution in [-0.2, 0) is 37.5 Å². The molecule has 258 valence electrons. The van der Waals surface area contributed by atoms with E-state index in [0.717, 1.165) is 19.3 Å². The Morgan fingerprint density at radius 2 is 1.36 bits per heavy atom. The number of rotatable bonds is 30. The zero-order valence-corrected chi connectivity index (χ0v) is 28.6. The fraction of sp³-hybridized carbons (Fsp3) is 0.844. The number of phosphoric ester groups is 1. The fourth-order valence-electron chi connectivity index (χ4n) is 4.27. The Kier molecular flexibility index (Phi) is 25.6. The van der Waals surface area contributed by atoms with E-state index in [2.05, 4.69) is 6.92 Å². The number of aldehydes is 1. The van der Waals surface area contributed by atoms with Crippen molar-refractivity contribution in [3.63, 3.8) is 0 Å². The number of carbonyl (C=O) groups is 3. The quantitative estimate of drug-likeness (QED) is 0.0267. The molecule has 0 aliphatic heterocycles. The van der Waals surface area contributed by atoms with Gasteiger partial charge in [0, 0.05) is 12.8 Å². The third-order valence-electron chi connectivity index (χ3n) is 6.94. The summed E-state index contributed by atoms with van der Waals surface area (Å²) in [6.45, 7) is 1.67. The van der Waals surface area contributed by atoms with E-state index >= 15 is 0 Å². The molecule has 0 bridgehead atoms. The molecule has 0 amide bonds. The van der Waals surface area contributed by atoms with Gasteiger partial charge in [0.25, 0.3) is 7.82 Å². The number of esters is 2. The molecular formula is C32H60NO10P. The van der Waals surface area contributed by atoms with Crippen molar-refractivity contribution < 1.29 is 52.0 Å². The van der Waals surface area contributed by atoms with Crippen LogP contribution in [0.3, 0.4) is 0 Å². The van der Waals surface area contributed by atoms with Crippen LogP contribution >= 0.6 is 7.82 Å². The second-order valence-electron chi connectivity index (χ2n) is 12.4. The minimum Gasteiger partial charge on any atom is -0.756 e. The number of aliphatic hydroxyl groups is 1. The van der Waals surface area contributed by atoms with Crippen molar-refractivity contribution in [2.75, 3.05) is 47.5 Å². The summed E-state index contributed by atoms with van der Waals surface area (Å²) in [5.74, 6) is -1.12. The summed E-state index contributed by atoms with van der Waals surface area (Å²) >= 11 is 0. The van der Waals surface area contributed by atoms with E-state index in [1.54, 1.807) is 0 Å². The number of phosphoric acid groups is 1. The molecule has 0 saturated carbocycles. The molecule has 0 rings (SSSR count). The molecule has 1 N–H and O–H groups in total. The number of carbonyl (C=O) groups excluding carboxylic acids is 3. The Hall–Kier alpha value is -1.62. The highest BCUT2D eigenvalue weighted by molar-refractivity contribution is 7.45. The van der Waals surface area contributed by atoms with Crippen LogP contribution in [-0.4, -0.2) is 87.5 Å². The van der Waals surface area contributed by atoms with Gasteiger partial charge in [0.15, 0.2) is 6.10 Å². The molecule has 0 radical (unpaired) electrons. The van der Waals surface area contributed by atoms with Crippen LogP contribution < -0.4 is 4.89 Å². The van der Waals surface area contributed by atoms with Gasteiger partial charge in [-0.2, -0.15) is 0 Å². The maximum absolute atomic E-state index is 12.4. The predicted molar refractivity (Wildman–Crippen MR) is 169 cm³/mol. The van der Waals surface area contributed by atoms with Crippen LogP contribution in [0.25, 0.3) is 0 Å². The Balaban J connectivity index is 4.48. The third kappa shape index (κ3) is 29.1. The minimum absolute atomic E-state index is 0.0650. The smallest absolute Gasteiger partial charge is 0.306 e. The van der Waals surface area contributed by atoms with Gasteiger partial charge < -0.3 is 33.0 Å². The van der Waals surface area contributed by atoms with Crippen LogP contribution in [0.5, 0.6) is 0 Å². The van der Waals surface area contributed by atoms with Gasteiger partial charge in [0.2, 0.25) is 0 Å². The second kappa shape index (κ2) is 26.6. The number of ether oxygens (including phenoxy) is 2. The topological polar surface area (TPSA) is 148 Å². The summed E-state index contributed by atoms with van der Waals surface area (Å²) in [6, 6.07) is 0. The number of aliphatic hydroxyl groups excluding tert-OH is 1. The standard InChI is InChI=1S/C32H60NO10P/c1-5-6-7-8-9-10-11-12-13-14-15-16-17-22-31(36)40-27-30(28-42-44(38,39)41-26-24-33(2,3)4)43-32(37)23-18-20-29(35)21-19-25-34/h19,21,25,29-30,35H,5-18,20,22-24,26-28H2,1-4H3/t29?,30-/m1/s1. The van der Waals surface area contributed by atoms with Gasteiger partial charge in [-0.25, -0.2) is 0 Å². The lowest BCUT2D eigenvalue weighted by Crippen LogP contribution is -2.37. The SMILES string of the molecule is CCCCCCCCCCCCCCCC(=O)OC[C@H](COP(=O)([O-])OCC[N+](C)(C)C)OC(=O)CCCC(O)C=CC=O. The van der Waals surface area contributed by atoms with Crippen molar-refractivity contribution >= 4 is 26.0 Å². The van der Waals surface area contributed by atoms with E-state index < -0.39 is 38.6 Å². The number of likely N-dealkylation sites (N-methyl/N-ethyl adjacent to an activating group) is 1. The van der Waals surface area contributed by atoms with Crippen molar-refractivity contribution in [2.24, 2.45) is 0 Å². The fourth-order valence-corrected chi connectivity index (χ4v) is 5.00. The largest absolute Gasteiger partial charge is 0.756 e. The highest BCUT2D eigenvalue weighted by Crippen LogP contribution is 2.38. The molecule has 0 aliphatic rings. The first-order chi connectivity index (χ1) is 20.9. The zero-order valence-electron chi connectivity index (χ0n) is 27.8. The molecule has 0 saturated heterocycles. The molecule has 0 heterocycles. The highest BCUT2D eigenvalue weighted by Gasteiger charge is 2.22. The Morgan fingerprint density at radius 3 is 1.91 bits per heavy atom. The van der Waals surface area contributed by atoms with Crippen LogP contribution in [0.2, 0.25) is 0 Å². The van der Waals surface area contributed by atoms with E-state index in [0.29, 0.717) is 23.7 Å². The predicted octanol–water partition coefficient (Wildman–Crippen LogP) is 5.42. The van der Waals surface area contributed by atoms with Crippen LogP contribution in [0, 0.1) is 0 Å². The molecule has 0 fully saturated rings. The Morgan fingerprint density at radius 1 is 0.818 bits per heavy atom. The summed E-state index contributed by atoms with van der Waals surface area (Å²) < 4.78 is 33.1. The van der Waals surface area contributed by atoms with Gasteiger partial charge in [-0.05, 0) is 25.3 Å². The van der Waals surface area contributed by atoms with Crippen molar-refractivity contribution in [3.8, 4) is 0 Å². The van der Waals surface area contributed by atoms with Crippen LogP contribution in [0.1, 0.15) is 116 Å². The number of hydrogen-bond donors (Lipinski definition) is 1. The number of allylic oxidation sites excluding steroid dienone is 1. The number of hydrogen-bond acceptors (Lipinski definition) is 10. The summed E-state index contributed by atoms with van der Waals surface area (Å²) in [5, 5.41) is 9.75. The zero-order chi connectivity index (χ0) is 33.1. The molecule has 11 nitrogen and oxygen atoms in total. The van der Waals surface area contributed by atoms with Crippen LogP contribution in [0.15, 0.2) is 12.2 Å². The summed E-state index contributed by atoms with van der Waals surface area (Å²) in [7, 11) is 0.992. The van der Waals surface area contributed by atoms with E-state index in [4.69, 9.17) is 18.5 Å². The molecule has 12 heteroatoms. The monoisotopic (exact) mass is 649 g/mol. The maximum Gasteiger partial charge on any atom is 0.306 e. The Bertz CT molecular complexity index is 830. The molecule has 0 aromatic heterocycles. The molecule has 3 atom stereocenters. The normalized spacial score (nSPS) is 14.7. The number of nitrogens with zero attached hydrogens (tertiary/aromatic N) is 1. The lowest BCUT2D eigenvalue weighted by molar-refractivity contribution is -0.870. The van der Waals surface area contributed by atoms with Crippen molar-refractivity contribution in [2.45, 2.75) is 128 Å². The van der Waals surface area contributed by atoms with Gasteiger partial charge in [-0.15, -0.1) is 0 Å². The second-order valence-corrected chi connectivity index (χ2v) is 13.8.